The monoisotopic (exact) mass is 158 g/mol. The molecule has 0 aliphatic heterocycles. The predicted molar refractivity (Wildman–Crippen MR) is 53.6 cm³/mol. The smallest absolute Gasteiger partial charge is 0.206 e. The normalized spacial score (nSPS) is 16.9. The first kappa shape index (κ1) is 8.59. The third-order valence-corrected chi connectivity index (χ3v) is 4.34. The molecule has 0 saturated heterocycles. The zero-order chi connectivity index (χ0) is 9.50. The summed E-state index contributed by atoms with van der Waals surface area (Å²) in [7, 11) is 3.99. The van der Waals surface area contributed by atoms with Crippen molar-refractivity contribution in [1.82, 2.24) is 0 Å². The van der Waals surface area contributed by atoms with Gasteiger partial charge in [0.05, 0.1) is 0 Å². The zero-order valence-corrected chi connectivity index (χ0v) is 8.92. The quantitative estimate of drug-likeness (QED) is 0.375. The lowest BCUT2D eigenvalue weighted by Crippen LogP contribution is -2.24. The second-order valence-electron chi connectivity index (χ2n) is 4.71. The first-order valence-corrected chi connectivity index (χ1v) is 5.12. The van der Waals surface area contributed by atoms with Crippen molar-refractivity contribution in [3.05, 3.63) is 0 Å². The van der Waals surface area contributed by atoms with Crippen LogP contribution in [0.15, 0.2) is 0 Å². The van der Waals surface area contributed by atoms with Crippen molar-refractivity contribution in [2.75, 3.05) is 0 Å². The van der Waals surface area contributed by atoms with Gasteiger partial charge in [-0.2, -0.15) is 0 Å². The van der Waals surface area contributed by atoms with Gasteiger partial charge in [-0.05, 0) is 41.5 Å². The van der Waals surface area contributed by atoms with Crippen molar-refractivity contribution in [3.63, 3.8) is 0 Å². The van der Waals surface area contributed by atoms with Crippen LogP contribution >= 0.6 is 7.75 Å². The lowest BCUT2D eigenvalue weighted by molar-refractivity contribution is 0.719. The van der Waals surface area contributed by atoms with Gasteiger partial charge in [0, 0.05) is 10.3 Å². The van der Waals surface area contributed by atoms with E-state index in [1.54, 1.807) is 0 Å². The summed E-state index contributed by atoms with van der Waals surface area (Å²) in [4.78, 5) is 0. The van der Waals surface area contributed by atoms with Crippen LogP contribution in [0.1, 0.15) is 41.5 Å². The summed E-state index contributed by atoms with van der Waals surface area (Å²) in [5.74, 6) is 0. The molecule has 0 amide bonds. The average Bonchev–Trinajstić information content (AvgIpc) is 1.58. The molecule has 0 fully saturated rings. The fourth-order valence-corrected chi connectivity index (χ4v) is 3.02. The fraction of sp³-hybridized carbons (Fsp3) is 1.00. The van der Waals surface area contributed by atoms with E-state index in [0.717, 1.165) is 0 Å². The Kier molecular flexibility index (Phi) is 2.45. The van der Waals surface area contributed by atoms with Gasteiger partial charge in [0.1, 0.15) is 0 Å². The maximum atomic E-state index is 8.12. The molecule has 10 heavy (non-hydrogen) atoms. The molecule has 0 rings (SSSR count). The summed E-state index contributed by atoms with van der Waals surface area (Å²) >= 11 is 0. The summed E-state index contributed by atoms with van der Waals surface area (Å²) in [5.41, 5.74) is 0. The molecule has 0 aromatic rings. The van der Waals surface area contributed by atoms with Crippen molar-refractivity contribution in [1.29, 1.82) is 1.28 Å². The molecule has 0 bridgehead atoms. The summed E-state index contributed by atoms with van der Waals surface area (Å²) in [5, 5.41) is -0.128. The zero-order valence-electron chi connectivity index (χ0n) is 9.02. The van der Waals surface area contributed by atoms with E-state index in [2.05, 4.69) is 41.5 Å². The van der Waals surface area contributed by atoms with Gasteiger partial charge in [0.2, 0.25) is 1.28 Å². The Balaban J connectivity index is 4.75. The lowest BCUT2D eigenvalue weighted by Gasteiger charge is -2.41. The minimum absolute atomic E-state index is 0.0642. The SMILES string of the molecule is [2H][P+]([B-])(C(C)(C)C)C(C)(C)C. The van der Waals surface area contributed by atoms with Crippen LogP contribution in [0.25, 0.3) is 0 Å². The fourth-order valence-electron chi connectivity index (χ4n) is 1.01. The van der Waals surface area contributed by atoms with Gasteiger partial charge in [-0.25, -0.2) is 7.75 Å². The molecule has 59 valence electrons. The summed E-state index contributed by atoms with van der Waals surface area (Å²) in [6.45, 7) is 12.3. The van der Waals surface area contributed by atoms with Crippen molar-refractivity contribution in [2.24, 2.45) is 0 Å². The van der Waals surface area contributed by atoms with Gasteiger partial charge in [-0.15, -0.1) is 0 Å². The molecule has 0 N–H and O–H groups in total. The molecular weight excluding hydrogens is 138 g/mol. The predicted octanol–water partition coefficient (Wildman–Crippen LogP) is 2.88. The van der Waals surface area contributed by atoms with E-state index < -0.39 is 7.75 Å². The summed E-state index contributed by atoms with van der Waals surface area (Å²) in [6, 6.07) is 0. The van der Waals surface area contributed by atoms with Crippen LogP contribution in [-0.4, -0.2) is 19.2 Å². The molecule has 3 radical (unpaired) electrons. The Hall–Kier alpha value is 0.495. The van der Waals surface area contributed by atoms with Crippen LogP contribution in [0.2, 0.25) is 0 Å². The number of hydrogen-bond acceptors (Lipinski definition) is 0. The molecule has 0 aliphatic rings. The maximum absolute atomic E-state index is 8.12. The Morgan fingerprint density at radius 2 is 1.20 bits per heavy atom. The van der Waals surface area contributed by atoms with Gasteiger partial charge < -0.3 is 7.57 Å². The molecule has 0 heterocycles. The van der Waals surface area contributed by atoms with Crippen molar-refractivity contribution < 1.29 is 0 Å². The Labute approximate surface area is 69.2 Å². The van der Waals surface area contributed by atoms with E-state index in [1.165, 1.54) is 0 Å². The highest BCUT2D eigenvalue weighted by Gasteiger charge is 2.27. The third-order valence-electron chi connectivity index (χ3n) is 1.45. The van der Waals surface area contributed by atoms with E-state index >= 15 is 0 Å². The van der Waals surface area contributed by atoms with E-state index in [0.29, 0.717) is 0 Å². The first-order valence-electron chi connectivity index (χ1n) is 4.15. The lowest BCUT2D eigenvalue weighted by atomic mass is 10.2. The molecule has 0 aromatic heterocycles. The van der Waals surface area contributed by atoms with Gasteiger partial charge in [0.25, 0.3) is 0 Å². The maximum Gasteiger partial charge on any atom is 0.206 e. The van der Waals surface area contributed by atoms with Crippen molar-refractivity contribution in [2.45, 2.75) is 51.9 Å². The van der Waals surface area contributed by atoms with E-state index in [1.807, 2.05) is 0 Å². The third kappa shape index (κ3) is 3.06. The Bertz CT molecular complexity index is 125. The molecule has 0 unspecified atom stereocenters. The summed E-state index contributed by atoms with van der Waals surface area (Å²) in [6.07, 6.45) is 0. The van der Waals surface area contributed by atoms with E-state index in [-0.39, 0.29) is 10.3 Å². The molecule has 0 spiro atoms. The minimum Gasteiger partial charge on any atom is -0.308 e. The molecule has 0 saturated carbocycles. The van der Waals surface area contributed by atoms with E-state index in [9.17, 15) is 0 Å². The van der Waals surface area contributed by atoms with Gasteiger partial charge in [0.15, 0.2) is 0 Å². The van der Waals surface area contributed by atoms with E-state index in [4.69, 9.17) is 8.84 Å². The molecule has 0 aromatic carbocycles. The highest BCUT2D eigenvalue weighted by atomic mass is 31.1. The first-order chi connectivity index (χ1) is 4.50. The van der Waals surface area contributed by atoms with Crippen LogP contribution in [0, 0.1) is 0 Å². The second-order valence-corrected chi connectivity index (χ2v) is 8.13. The second kappa shape index (κ2) is 2.85. The van der Waals surface area contributed by atoms with Crippen LogP contribution in [0.4, 0.5) is 0 Å². The van der Waals surface area contributed by atoms with Gasteiger partial charge >= 0.3 is 0 Å². The van der Waals surface area contributed by atoms with Crippen LogP contribution in [-0.2, 0) is 0 Å². The standard InChI is InChI=1S/C8H19BP/c1-7(2,3)10(9)8(4,5)6/h10H,1-6H3/i10D. The molecule has 2 heteroatoms. The highest BCUT2D eigenvalue weighted by molar-refractivity contribution is 7.84. The number of rotatable bonds is 0. The van der Waals surface area contributed by atoms with Crippen molar-refractivity contribution >= 4 is 15.3 Å². The topological polar surface area (TPSA) is 0 Å². The number of hydrogen-bond donors (Lipinski definition) is 0. The Morgan fingerprint density at radius 3 is 1.20 bits per heavy atom. The Morgan fingerprint density at radius 1 is 1.00 bits per heavy atom. The van der Waals surface area contributed by atoms with Gasteiger partial charge in [-0.3, -0.25) is 0 Å². The molecule has 0 nitrogen and oxygen atoms in total. The minimum atomic E-state index is -2.06. The van der Waals surface area contributed by atoms with Gasteiger partial charge in [-0.1, -0.05) is 0 Å². The summed E-state index contributed by atoms with van der Waals surface area (Å²) < 4.78 is 8.12. The van der Waals surface area contributed by atoms with Crippen LogP contribution in [0.5, 0.6) is 0 Å². The molecule has 0 atom stereocenters. The van der Waals surface area contributed by atoms with Crippen molar-refractivity contribution in [3.8, 4) is 0 Å². The largest absolute Gasteiger partial charge is 0.308 e. The van der Waals surface area contributed by atoms with Crippen LogP contribution in [0.3, 0.4) is 0 Å². The average molecular weight is 158 g/mol. The van der Waals surface area contributed by atoms with Crippen LogP contribution < -0.4 is 0 Å². The molecule has 0 aliphatic carbocycles. The highest BCUT2D eigenvalue weighted by Crippen LogP contribution is 2.55. The molecular formula is C8H19BP.